The Balaban J connectivity index is 1.47. The molecule has 8 nitrogen and oxygen atoms in total. The molecule has 0 aliphatic carbocycles. The summed E-state index contributed by atoms with van der Waals surface area (Å²) in [5, 5.41) is 12.6. The standard InChI is InChI=1S/C21H19FN6O2/c22-15-6-8-16(9-7-15)28-18(20(23)29)12-17(25-28)21(30)24-19-10-11-27(26-19)13-14-4-2-1-3-5-14/h1-11,18H,12-13H2,(H2,23,29)(H,24,26,30). The highest BCUT2D eigenvalue weighted by atomic mass is 19.1. The van der Waals surface area contributed by atoms with Crippen molar-refractivity contribution >= 4 is 29.0 Å². The van der Waals surface area contributed by atoms with Gasteiger partial charge in [-0.2, -0.15) is 10.2 Å². The number of amides is 2. The molecule has 1 aromatic heterocycles. The molecule has 30 heavy (non-hydrogen) atoms. The van der Waals surface area contributed by atoms with Gasteiger partial charge in [0.15, 0.2) is 5.82 Å². The topological polar surface area (TPSA) is 106 Å². The van der Waals surface area contributed by atoms with Crippen LogP contribution in [0.2, 0.25) is 0 Å². The number of nitrogens with one attached hydrogen (secondary N) is 1. The Morgan fingerprint density at radius 2 is 1.83 bits per heavy atom. The molecule has 3 N–H and O–H groups in total. The Labute approximate surface area is 171 Å². The first-order chi connectivity index (χ1) is 14.5. The number of halogens is 1. The van der Waals surface area contributed by atoms with Crippen LogP contribution in [0.3, 0.4) is 0 Å². The van der Waals surface area contributed by atoms with Gasteiger partial charge in [-0.3, -0.25) is 19.3 Å². The highest BCUT2D eigenvalue weighted by Gasteiger charge is 2.35. The van der Waals surface area contributed by atoms with Gasteiger partial charge in [0.1, 0.15) is 17.6 Å². The first kappa shape index (κ1) is 19.3. The molecule has 4 rings (SSSR count). The summed E-state index contributed by atoms with van der Waals surface area (Å²) < 4.78 is 14.9. The molecule has 9 heteroatoms. The molecular formula is C21H19FN6O2. The van der Waals surface area contributed by atoms with Crippen molar-refractivity contribution in [3.8, 4) is 0 Å². The zero-order valence-corrected chi connectivity index (χ0v) is 15.9. The Morgan fingerprint density at radius 3 is 2.53 bits per heavy atom. The number of rotatable bonds is 6. The van der Waals surface area contributed by atoms with Crippen LogP contribution in [0.25, 0.3) is 0 Å². The molecule has 3 aromatic rings. The van der Waals surface area contributed by atoms with Gasteiger partial charge in [-0.05, 0) is 29.8 Å². The summed E-state index contributed by atoms with van der Waals surface area (Å²) in [5.74, 6) is -1.15. The molecule has 2 heterocycles. The SMILES string of the molecule is NC(=O)C1CC(C(=O)Nc2ccn(Cc3ccccc3)n2)=NN1c1ccc(F)cc1. The van der Waals surface area contributed by atoms with Crippen LogP contribution < -0.4 is 16.1 Å². The Hall–Kier alpha value is -4.01. The van der Waals surface area contributed by atoms with Crippen molar-refractivity contribution in [3.63, 3.8) is 0 Å². The Kier molecular flexibility index (Phi) is 5.25. The summed E-state index contributed by atoms with van der Waals surface area (Å²) in [4.78, 5) is 24.5. The molecule has 0 spiro atoms. The van der Waals surface area contributed by atoms with Crippen molar-refractivity contribution in [2.24, 2.45) is 10.8 Å². The lowest BCUT2D eigenvalue weighted by Gasteiger charge is -2.20. The van der Waals surface area contributed by atoms with Gasteiger partial charge in [0.25, 0.3) is 5.91 Å². The number of carbonyl (C=O) groups is 2. The molecular weight excluding hydrogens is 387 g/mol. The first-order valence-electron chi connectivity index (χ1n) is 9.30. The zero-order chi connectivity index (χ0) is 21.1. The Morgan fingerprint density at radius 1 is 1.10 bits per heavy atom. The lowest BCUT2D eigenvalue weighted by Crippen LogP contribution is -2.39. The number of carbonyl (C=O) groups excluding carboxylic acids is 2. The fraction of sp³-hybridized carbons (Fsp3) is 0.143. The molecule has 1 unspecified atom stereocenters. The molecule has 2 amide bonds. The van der Waals surface area contributed by atoms with Gasteiger partial charge in [0, 0.05) is 18.7 Å². The van der Waals surface area contributed by atoms with E-state index in [1.807, 2.05) is 30.3 Å². The van der Waals surface area contributed by atoms with Crippen molar-refractivity contribution in [1.82, 2.24) is 9.78 Å². The van der Waals surface area contributed by atoms with E-state index >= 15 is 0 Å². The van der Waals surface area contributed by atoms with E-state index in [-0.39, 0.29) is 12.1 Å². The van der Waals surface area contributed by atoms with Gasteiger partial charge in [-0.15, -0.1) is 0 Å². The first-order valence-corrected chi connectivity index (χ1v) is 9.30. The second-order valence-corrected chi connectivity index (χ2v) is 6.83. The van der Waals surface area contributed by atoms with Crippen molar-refractivity contribution in [2.75, 3.05) is 10.3 Å². The lowest BCUT2D eigenvalue weighted by atomic mass is 10.1. The predicted molar refractivity (Wildman–Crippen MR) is 110 cm³/mol. The fourth-order valence-corrected chi connectivity index (χ4v) is 3.18. The minimum atomic E-state index is -0.827. The fourth-order valence-electron chi connectivity index (χ4n) is 3.18. The van der Waals surface area contributed by atoms with Crippen molar-refractivity contribution < 1.29 is 14.0 Å². The smallest absolute Gasteiger partial charge is 0.273 e. The number of primary amides is 1. The summed E-state index contributed by atoms with van der Waals surface area (Å²) >= 11 is 0. The molecule has 2 aromatic carbocycles. The summed E-state index contributed by atoms with van der Waals surface area (Å²) in [6.07, 6.45) is 1.80. The quantitative estimate of drug-likeness (QED) is 0.654. The van der Waals surface area contributed by atoms with Crippen LogP contribution in [0, 0.1) is 5.82 Å². The van der Waals surface area contributed by atoms with Gasteiger partial charge >= 0.3 is 0 Å². The third-order valence-electron chi connectivity index (χ3n) is 4.66. The van der Waals surface area contributed by atoms with Gasteiger partial charge in [0.2, 0.25) is 5.91 Å². The minimum absolute atomic E-state index is 0.0449. The van der Waals surface area contributed by atoms with E-state index in [0.29, 0.717) is 18.1 Å². The zero-order valence-electron chi connectivity index (χ0n) is 15.9. The molecule has 1 aliphatic heterocycles. The lowest BCUT2D eigenvalue weighted by molar-refractivity contribution is -0.119. The third-order valence-corrected chi connectivity index (χ3v) is 4.66. The van der Waals surface area contributed by atoms with Gasteiger partial charge in [-0.25, -0.2) is 4.39 Å². The van der Waals surface area contributed by atoms with Crippen LogP contribution in [0.15, 0.2) is 72.0 Å². The number of hydrazone groups is 1. The molecule has 0 saturated carbocycles. The summed E-state index contributed by atoms with van der Waals surface area (Å²) in [5.41, 5.74) is 7.16. The summed E-state index contributed by atoms with van der Waals surface area (Å²) in [6.45, 7) is 0.569. The van der Waals surface area contributed by atoms with Crippen LogP contribution in [0.5, 0.6) is 0 Å². The maximum Gasteiger partial charge on any atom is 0.273 e. The highest BCUT2D eigenvalue weighted by Crippen LogP contribution is 2.25. The molecule has 1 aliphatic rings. The van der Waals surface area contributed by atoms with E-state index in [9.17, 15) is 14.0 Å². The van der Waals surface area contributed by atoms with E-state index in [1.165, 1.54) is 29.3 Å². The van der Waals surface area contributed by atoms with E-state index < -0.39 is 23.7 Å². The number of anilines is 2. The van der Waals surface area contributed by atoms with Crippen molar-refractivity contribution in [2.45, 2.75) is 19.0 Å². The number of hydrogen-bond acceptors (Lipinski definition) is 5. The maximum atomic E-state index is 13.2. The van der Waals surface area contributed by atoms with Gasteiger partial charge in [-0.1, -0.05) is 30.3 Å². The van der Waals surface area contributed by atoms with E-state index in [1.54, 1.807) is 16.9 Å². The largest absolute Gasteiger partial charge is 0.368 e. The van der Waals surface area contributed by atoms with E-state index in [4.69, 9.17) is 5.73 Å². The van der Waals surface area contributed by atoms with Crippen LogP contribution >= 0.6 is 0 Å². The second kappa shape index (κ2) is 8.16. The molecule has 1 atom stereocenters. The average molecular weight is 406 g/mol. The molecule has 0 bridgehead atoms. The highest BCUT2D eigenvalue weighted by molar-refractivity contribution is 6.44. The molecule has 0 radical (unpaired) electrons. The molecule has 0 saturated heterocycles. The number of nitrogens with zero attached hydrogens (tertiary/aromatic N) is 4. The van der Waals surface area contributed by atoms with Gasteiger partial charge in [0.05, 0.1) is 12.2 Å². The number of benzene rings is 2. The Bertz CT molecular complexity index is 1090. The second-order valence-electron chi connectivity index (χ2n) is 6.83. The number of aromatic nitrogens is 2. The monoisotopic (exact) mass is 406 g/mol. The van der Waals surface area contributed by atoms with Crippen LogP contribution in [0.4, 0.5) is 15.9 Å². The molecule has 152 valence electrons. The van der Waals surface area contributed by atoms with Crippen LogP contribution in [-0.4, -0.2) is 33.3 Å². The van der Waals surface area contributed by atoms with Crippen molar-refractivity contribution in [3.05, 3.63) is 78.2 Å². The summed E-state index contributed by atoms with van der Waals surface area (Å²) in [7, 11) is 0. The minimum Gasteiger partial charge on any atom is -0.368 e. The normalized spacial score (nSPS) is 15.7. The van der Waals surface area contributed by atoms with Gasteiger partial charge < -0.3 is 11.1 Å². The third kappa shape index (κ3) is 4.19. The summed E-state index contributed by atoms with van der Waals surface area (Å²) in [6, 6.07) is 16.1. The number of nitrogens with two attached hydrogens (primary N) is 1. The van der Waals surface area contributed by atoms with E-state index in [2.05, 4.69) is 15.5 Å². The van der Waals surface area contributed by atoms with Crippen LogP contribution in [0.1, 0.15) is 12.0 Å². The van der Waals surface area contributed by atoms with Crippen molar-refractivity contribution in [1.29, 1.82) is 0 Å². The predicted octanol–water partition coefficient (Wildman–Crippen LogP) is 2.13. The van der Waals surface area contributed by atoms with E-state index in [0.717, 1.165) is 5.56 Å². The average Bonchev–Trinajstić information content (AvgIpc) is 3.37. The number of hydrogen-bond donors (Lipinski definition) is 2. The maximum absolute atomic E-state index is 13.2. The molecule has 0 fully saturated rings. The van der Waals surface area contributed by atoms with Crippen LogP contribution in [-0.2, 0) is 16.1 Å².